The fourth-order valence-electron chi connectivity index (χ4n) is 13.0. The first-order valence-electron chi connectivity index (χ1n) is 28.5. The maximum Gasteiger partial charge on any atom is 0.246 e. The van der Waals surface area contributed by atoms with Gasteiger partial charge >= 0.3 is 0 Å². The zero-order valence-electron chi connectivity index (χ0n) is 46.4. The molecule has 5 amide bonds. The van der Waals surface area contributed by atoms with Crippen LogP contribution in [0.5, 0.6) is 0 Å². The van der Waals surface area contributed by atoms with E-state index in [1.807, 2.05) is 24.3 Å². The summed E-state index contributed by atoms with van der Waals surface area (Å²) >= 11 is 3.47. The van der Waals surface area contributed by atoms with E-state index in [0.29, 0.717) is 38.9 Å². The van der Waals surface area contributed by atoms with Gasteiger partial charge in [-0.15, -0.1) is 11.8 Å². The second kappa shape index (κ2) is 25.9. The molecule has 76 heavy (non-hydrogen) atoms. The number of fused-ring (bicyclic) bond motifs is 4. The van der Waals surface area contributed by atoms with E-state index in [1.54, 1.807) is 56.4 Å². The van der Waals surface area contributed by atoms with Crippen molar-refractivity contribution in [2.45, 2.75) is 197 Å². The molecule has 2 aromatic carbocycles. The number of carbonyl (C=O) groups excluding carboxylic acids is 6. The first kappa shape index (κ1) is 58.2. The zero-order valence-corrected chi connectivity index (χ0v) is 48.0. The Morgan fingerprint density at radius 2 is 1.12 bits per heavy atom. The molecule has 15 nitrogen and oxygen atoms in total. The molecule has 4 fully saturated rings. The molecule has 13 atom stereocenters. The lowest BCUT2D eigenvalue weighted by Gasteiger charge is -2.35. The van der Waals surface area contributed by atoms with E-state index < -0.39 is 52.9 Å². The third-order valence-corrected chi connectivity index (χ3v) is 20.1. The van der Waals surface area contributed by atoms with E-state index in [0.717, 1.165) is 86.8 Å². The minimum atomic E-state index is -0.682. The number of nitrogens with zero attached hydrogens (tertiary/aromatic N) is 1. The Morgan fingerprint density at radius 3 is 1.67 bits per heavy atom. The summed E-state index contributed by atoms with van der Waals surface area (Å²) in [6.07, 6.45) is 12.1. The van der Waals surface area contributed by atoms with Crippen molar-refractivity contribution in [2.75, 3.05) is 38.8 Å². The Bertz CT molecular complexity index is 2230. The Labute approximate surface area is 460 Å². The van der Waals surface area contributed by atoms with Crippen LogP contribution in [0.3, 0.4) is 0 Å². The number of carbonyl (C=O) groups is 6. The van der Waals surface area contributed by atoms with Gasteiger partial charge in [-0.1, -0.05) is 115 Å². The SMILES string of the molecule is CN[C@@H](C)C(=O)N[C@H]1CCS[C@H]2CC(C)(C)[C@@H](C(=O)N[C@H]3c4ccccc4C[C@H]3OCCCCCCCCCCO[C@@H]3Cc4ccccc4[C@@H]3NC(=O)[C@H]3N4C(=O)[C@@H](NC(=O)[C@H](C)NC)CCS[C@H]4CC3(C)C)C2C1=O. The second-order valence-corrected chi connectivity index (χ2v) is 26.5. The third-order valence-electron chi connectivity index (χ3n) is 17.5. The molecule has 3 saturated heterocycles. The molecule has 17 heteroatoms. The molecule has 3 heterocycles. The van der Waals surface area contributed by atoms with Gasteiger partial charge in [-0.3, -0.25) is 28.8 Å². The number of thioether (sulfide) groups is 2. The first-order chi connectivity index (χ1) is 36.4. The lowest BCUT2D eigenvalue weighted by Crippen LogP contribution is -2.58. The van der Waals surface area contributed by atoms with Gasteiger partial charge in [0, 0.05) is 37.2 Å². The van der Waals surface area contributed by atoms with Crippen LogP contribution in [0.1, 0.15) is 153 Å². The quantitative estimate of drug-likeness (QED) is 0.0645. The molecule has 6 N–H and O–H groups in total. The molecule has 0 radical (unpaired) electrons. The molecule has 1 unspecified atom stereocenters. The molecular formula is C59H87N7O8S2. The molecule has 2 aromatic rings. The van der Waals surface area contributed by atoms with Crippen molar-refractivity contribution < 1.29 is 38.2 Å². The van der Waals surface area contributed by atoms with Gasteiger partial charge in [0.05, 0.1) is 53.7 Å². The van der Waals surface area contributed by atoms with E-state index in [1.165, 1.54) is 11.1 Å². The van der Waals surface area contributed by atoms with Gasteiger partial charge in [0.25, 0.3) is 0 Å². The predicted molar refractivity (Wildman–Crippen MR) is 301 cm³/mol. The lowest BCUT2D eigenvalue weighted by molar-refractivity contribution is -0.144. The molecule has 6 aliphatic rings. The molecular weight excluding hydrogens is 999 g/mol. The highest BCUT2D eigenvalue weighted by molar-refractivity contribution is 8.00. The predicted octanol–water partition coefficient (Wildman–Crippen LogP) is 6.72. The minimum Gasteiger partial charge on any atom is -0.375 e. The maximum atomic E-state index is 14.6. The van der Waals surface area contributed by atoms with Crippen molar-refractivity contribution in [3.63, 3.8) is 0 Å². The molecule has 0 bridgehead atoms. The maximum absolute atomic E-state index is 14.6. The highest BCUT2D eigenvalue weighted by Gasteiger charge is 2.58. The van der Waals surface area contributed by atoms with Gasteiger partial charge in [0.1, 0.15) is 12.1 Å². The molecule has 3 aliphatic heterocycles. The zero-order chi connectivity index (χ0) is 54.3. The number of ketones is 1. The van der Waals surface area contributed by atoms with Crippen molar-refractivity contribution >= 4 is 58.8 Å². The summed E-state index contributed by atoms with van der Waals surface area (Å²) in [6, 6.07) is 13.0. The molecule has 1 saturated carbocycles. The topological polar surface area (TPSA) is 196 Å². The van der Waals surface area contributed by atoms with Gasteiger partial charge in [-0.05, 0) is 111 Å². The summed E-state index contributed by atoms with van der Waals surface area (Å²) in [5, 5.41) is 18.6. The summed E-state index contributed by atoms with van der Waals surface area (Å²) in [5.74, 6) is -0.435. The van der Waals surface area contributed by atoms with Crippen LogP contribution >= 0.6 is 23.5 Å². The molecule has 3 aliphatic carbocycles. The van der Waals surface area contributed by atoms with Crippen molar-refractivity contribution in [2.24, 2.45) is 22.7 Å². The van der Waals surface area contributed by atoms with Gasteiger partial charge in [0.15, 0.2) is 5.78 Å². The first-order valence-corrected chi connectivity index (χ1v) is 30.6. The summed E-state index contributed by atoms with van der Waals surface area (Å²) in [4.78, 5) is 85.1. The molecule has 418 valence electrons. The highest BCUT2D eigenvalue weighted by Crippen LogP contribution is 2.54. The normalized spacial score (nSPS) is 30.0. The van der Waals surface area contributed by atoms with Crippen molar-refractivity contribution in [3.05, 3.63) is 70.8 Å². The smallest absolute Gasteiger partial charge is 0.246 e. The van der Waals surface area contributed by atoms with Crippen LogP contribution in [-0.2, 0) is 51.1 Å². The number of Topliss-reactive ketones (excluding diaryl/α,β-unsaturated/α-hetero) is 1. The van der Waals surface area contributed by atoms with Crippen molar-refractivity contribution in [1.29, 1.82) is 0 Å². The molecule has 0 aromatic heterocycles. The van der Waals surface area contributed by atoms with E-state index in [4.69, 9.17) is 9.47 Å². The minimum absolute atomic E-state index is 0.0231. The van der Waals surface area contributed by atoms with Crippen LogP contribution in [0.25, 0.3) is 0 Å². The van der Waals surface area contributed by atoms with Crippen LogP contribution in [0.15, 0.2) is 48.5 Å². The number of hydrogen-bond donors (Lipinski definition) is 6. The Morgan fingerprint density at radius 1 is 0.632 bits per heavy atom. The number of unbranched alkanes of at least 4 members (excludes halogenated alkanes) is 7. The third kappa shape index (κ3) is 13.2. The van der Waals surface area contributed by atoms with Crippen LogP contribution in [0, 0.1) is 22.7 Å². The number of hydrogen-bond acceptors (Lipinski definition) is 12. The summed E-state index contributed by atoms with van der Waals surface area (Å²) < 4.78 is 13.2. The average Bonchev–Trinajstić information content (AvgIpc) is 4.07. The number of nitrogens with one attached hydrogen (secondary N) is 6. The number of benzene rings is 2. The van der Waals surface area contributed by atoms with Crippen molar-refractivity contribution in [3.8, 4) is 0 Å². The molecule has 0 spiro atoms. The summed E-state index contributed by atoms with van der Waals surface area (Å²) in [5.41, 5.74) is 3.64. The Balaban J connectivity index is 0.762. The standard InChI is InChI=1S/C59H87N7O8S2/c1-35(60-7)53(68)62-41-25-29-75-45-33-58(3,4)48(47(45)51(41)67)55(70)64-49-39-23-17-15-21-37(39)31-43(49)73-27-19-13-11-9-10-12-14-20-28-74-44-32-38-22-16-18-24-40(38)50(44)65-56(71)52-59(5,6)34-46-66(52)57(72)42(26-30-76-46)63-54(69)36(2)61-8/h15-18,21-24,35-36,41-50,52,60-61H,9-14,19-20,25-34H2,1-8H3,(H,62,68)(H,63,69)(H,64,70)(H,65,71)/t35-,36-,41-,42-,43+,44+,45-,46-,47?,48+,49-,50-,52+/m0/s1. The van der Waals surface area contributed by atoms with Crippen LogP contribution in [0.2, 0.25) is 0 Å². The van der Waals surface area contributed by atoms with Gasteiger partial charge < -0.3 is 46.3 Å². The van der Waals surface area contributed by atoms with E-state index in [2.05, 4.69) is 83.9 Å². The highest BCUT2D eigenvalue weighted by atomic mass is 32.2. The van der Waals surface area contributed by atoms with Crippen LogP contribution < -0.4 is 31.9 Å². The van der Waals surface area contributed by atoms with Crippen LogP contribution in [0.4, 0.5) is 0 Å². The lowest BCUT2D eigenvalue weighted by atomic mass is 9.75. The van der Waals surface area contributed by atoms with Gasteiger partial charge in [0.2, 0.25) is 29.5 Å². The number of ether oxygens (including phenoxy) is 2. The number of rotatable bonds is 23. The number of likely N-dealkylation sites (N-methyl/N-ethyl adjacent to an activating group) is 2. The Kier molecular flexibility index (Phi) is 19.8. The number of amides is 5. The van der Waals surface area contributed by atoms with E-state index >= 15 is 0 Å². The Hall–Kier alpha value is -4.00. The monoisotopic (exact) mass is 1090 g/mol. The molecule has 8 rings (SSSR count). The fraction of sp³-hybridized carbons (Fsp3) is 0.695. The summed E-state index contributed by atoms with van der Waals surface area (Å²) in [6.45, 7) is 13.1. The van der Waals surface area contributed by atoms with Gasteiger partial charge in [-0.25, -0.2) is 0 Å². The second-order valence-electron chi connectivity index (χ2n) is 23.8. The van der Waals surface area contributed by atoms with E-state index in [-0.39, 0.29) is 70.2 Å². The van der Waals surface area contributed by atoms with Gasteiger partial charge in [-0.2, -0.15) is 11.8 Å². The fourth-order valence-corrected chi connectivity index (χ4v) is 16.3. The largest absolute Gasteiger partial charge is 0.375 e. The summed E-state index contributed by atoms with van der Waals surface area (Å²) in [7, 11) is 3.44. The van der Waals surface area contributed by atoms with E-state index in [9.17, 15) is 28.8 Å². The average molecular weight is 1090 g/mol. The van der Waals surface area contributed by atoms with Crippen molar-refractivity contribution in [1.82, 2.24) is 36.8 Å². The van der Waals surface area contributed by atoms with Crippen LogP contribution in [-0.4, -0.2) is 132 Å².